The Hall–Kier alpha value is -1.14. The van der Waals surface area contributed by atoms with Gasteiger partial charge in [0, 0.05) is 10.7 Å². The molecule has 2 aromatic rings. The van der Waals surface area contributed by atoms with Crippen LogP contribution in [0.25, 0.3) is 0 Å². The molecule has 0 aliphatic rings. The van der Waals surface area contributed by atoms with Gasteiger partial charge < -0.3 is 4.74 Å². The monoisotopic (exact) mass is 386 g/mol. The van der Waals surface area contributed by atoms with Gasteiger partial charge in [-0.1, -0.05) is 15.9 Å². The lowest BCUT2D eigenvalue weighted by atomic mass is 10.3. The fourth-order valence-corrected chi connectivity index (χ4v) is 2.18. The zero-order chi connectivity index (χ0) is 13.8. The van der Waals surface area contributed by atoms with Gasteiger partial charge in [0.05, 0.1) is 6.54 Å². The van der Waals surface area contributed by atoms with Gasteiger partial charge in [0.25, 0.3) is 5.56 Å². The molecule has 0 saturated carbocycles. The summed E-state index contributed by atoms with van der Waals surface area (Å²) in [6.45, 7) is 2.68. The lowest BCUT2D eigenvalue weighted by molar-refractivity contribution is 0.294. The van der Waals surface area contributed by atoms with E-state index in [4.69, 9.17) is 4.74 Å². The Bertz CT molecular complexity index is 624. The molecule has 0 saturated heterocycles. The first-order chi connectivity index (χ1) is 9.08. The second kappa shape index (κ2) is 6.34. The van der Waals surface area contributed by atoms with Gasteiger partial charge in [-0.3, -0.25) is 9.36 Å². The van der Waals surface area contributed by atoms with Crippen molar-refractivity contribution >= 4 is 31.9 Å². The molecule has 1 aromatic carbocycles. The quantitative estimate of drug-likeness (QED) is 0.809. The van der Waals surface area contributed by atoms with Crippen molar-refractivity contribution in [3.05, 3.63) is 55.6 Å². The third-order valence-electron chi connectivity index (χ3n) is 2.60. The lowest BCUT2D eigenvalue weighted by Gasteiger charge is -2.10. The Morgan fingerprint density at radius 3 is 2.63 bits per heavy atom. The zero-order valence-corrected chi connectivity index (χ0v) is 13.4. The van der Waals surface area contributed by atoms with E-state index in [-0.39, 0.29) is 5.56 Å². The second-order valence-electron chi connectivity index (χ2n) is 3.91. The smallest absolute Gasteiger partial charge is 0.267 e. The van der Waals surface area contributed by atoms with Crippen molar-refractivity contribution in [1.29, 1.82) is 0 Å². The normalized spacial score (nSPS) is 10.5. The average molecular weight is 388 g/mol. The molecule has 0 N–H and O–H groups in total. The summed E-state index contributed by atoms with van der Waals surface area (Å²) < 4.78 is 8.64. The van der Waals surface area contributed by atoms with Gasteiger partial charge in [0.15, 0.2) is 0 Å². The van der Waals surface area contributed by atoms with Gasteiger partial charge >= 0.3 is 0 Å². The summed E-state index contributed by atoms with van der Waals surface area (Å²) in [6, 6.07) is 7.57. The van der Waals surface area contributed by atoms with Crippen LogP contribution in [0.5, 0.6) is 5.75 Å². The fraction of sp³-hybridized carbons (Fsp3) is 0.231. The molecule has 4 nitrogen and oxygen atoms in total. The van der Waals surface area contributed by atoms with Crippen molar-refractivity contribution in [1.82, 2.24) is 9.55 Å². The molecule has 0 spiro atoms. The minimum Gasteiger partial charge on any atom is -0.492 e. The van der Waals surface area contributed by atoms with Crippen LogP contribution in [0.2, 0.25) is 0 Å². The van der Waals surface area contributed by atoms with Crippen LogP contribution in [0.1, 0.15) is 5.82 Å². The van der Waals surface area contributed by atoms with Crippen LogP contribution in [-0.2, 0) is 6.54 Å². The van der Waals surface area contributed by atoms with E-state index in [9.17, 15) is 4.79 Å². The van der Waals surface area contributed by atoms with E-state index in [0.717, 1.165) is 10.2 Å². The first-order valence-corrected chi connectivity index (χ1v) is 7.27. The minimum atomic E-state index is -0.0908. The van der Waals surface area contributed by atoms with Gasteiger partial charge in [-0.25, -0.2) is 4.98 Å². The topological polar surface area (TPSA) is 44.1 Å². The third kappa shape index (κ3) is 3.67. The maximum atomic E-state index is 11.9. The first-order valence-electron chi connectivity index (χ1n) is 5.68. The third-order valence-corrected chi connectivity index (χ3v) is 3.67. The zero-order valence-electron chi connectivity index (χ0n) is 10.3. The van der Waals surface area contributed by atoms with Crippen molar-refractivity contribution in [3.8, 4) is 5.75 Å². The van der Waals surface area contributed by atoms with E-state index in [1.165, 1.54) is 6.20 Å². The molecule has 100 valence electrons. The number of hydrogen-bond acceptors (Lipinski definition) is 3. The highest BCUT2D eigenvalue weighted by molar-refractivity contribution is 9.10. The number of ether oxygens (including phenoxy) is 1. The summed E-state index contributed by atoms with van der Waals surface area (Å²) in [4.78, 5) is 16.0. The van der Waals surface area contributed by atoms with Crippen molar-refractivity contribution < 1.29 is 4.74 Å². The Morgan fingerprint density at radius 1 is 1.26 bits per heavy atom. The average Bonchev–Trinajstić information content (AvgIpc) is 2.40. The van der Waals surface area contributed by atoms with E-state index in [2.05, 4.69) is 36.8 Å². The molecule has 6 heteroatoms. The molecule has 0 amide bonds. The second-order valence-corrected chi connectivity index (χ2v) is 5.68. The molecule has 0 aliphatic heterocycles. The number of aromatic nitrogens is 2. The van der Waals surface area contributed by atoms with E-state index < -0.39 is 0 Å². The number of nitrogens with zero attached hydrogens (tertiary/aromatic N) is 2. The molecule has 0 atom stereocenters. The maximum Gasteiger partial charge on any atom is 0.267 e. The molecule has 1 aromatic heterocycles. The number of aryl methyl sites for hydroxylation is 1. The predicted octanol–water partition coefficient (Wildman–Crippen LogP) is 3.16. The number of benzene rings is 1. The molecule has 1 heterocycles. The summed E-state index contributed by atoms with van der Waals surface area (Å²) in [5.41, 5.74) is -0.0908. The molecule has 2 rings (SSSR count). The van der Waals surface area contributed by atoms with Gasteiger partial charge in [0.1, 0.15) is 22.7 Å². The molecule has 19 heavy (non-hydrogen) atoms. The van der Waals surface area contributed by atoms with Crippen LogP contribution in [-0.4, -0.2) is 16.2 Å². The summed E-state index contributed by atoms with van der Waals surface area (Å²) in [6.07, 6.45) is 1.52. The van der Waals surface area contributed by atoms with Crippen LogP contribution < -0.4 is 10.3 Å². The highest BCUT2D eigenvalue weighted by Crippen LogP contribution is 2.16. The highest BCUT2D eigenvalue weighted by atomic mass is 79.9. The Balaban J connectivity index is 2.02. The summed E-state index contributed by atoms with van der Waals surface area (Å²) in [5.74, 6) is 1.45. The van der Waals surface area contributed by atoms with E-state index in [0.29, 0.717) is 23.4 Å². The highest BCUT2D eigenvalue weighted by Gasteiger charge is 2.05. The molecule has 0 fully saturated rings. The van der Waals surface area contributed by atoms with E-state index in [1.54, 1.807) is 11.5 Å². The van der Waals surface area contributed by atoms with Crippen LogP contribution >= 0.6 is 31.9 Å². The largest absolute Gasteiger partial charge is 0.492 e. The van der Waals surface area contributed by atoms with Crippen molar-refractivity contribution in [2.75, 3.05) is 6.61 Å². The van der Waals surface area contributed by atoms with Gasteiger partial charge in [-0.05, 0) is 47.1 Å². The fourth-order valence-electron chi connectivity index (χ4n) is 1.60. The minimum absolute atomic E-state index is 0.0908. The number of halogens is 2. The summed E-state index contributed by atoms with van der Waals surface area (Å²) in [7, 11) is 0. The Labute approximate surface area is 127 Å². The molecule has 0 bridgehead atoms. The van der Waals surface area contributed by atoms with Crippen LogP contribution in [0.15, 0.2) is 44.2 Å². The van der Waals surface area contributed by atoms with Gasteiger partial charge in [0.2, 0.25) is 0 Å². The van der Waals surface area contributed by atoms with Crippen LogP contribution in [0.3, 0.4) is 0 Å². The first kappa shape index (κ1) is 14.3. The maximum absolute atomic E-state index is 11.9. The standard InChI is InChI=1S/C13H12Br2N2O2/c1-9-16-8-12(15)13(18)17(9)6-7-19-11-4-2-10(14)3-5-11/h2-5,8H,6-7H2,1H3. The molecular formula is C13H12Br2N2O2. The summed E-state index contributed by atoms with van der Waals surface area (Å²) >= 11 is 6.55. The van der Waals surface area contributed by atoms with E-state index in [1.807, 2.05) is 24.3 Å². The Kier molecular flexibility index (Phi) is 4.76. The Morgan fingerprint density at radius 2 is 1.95 bits per heavy atom. The van der Waals surface area contributed by atoms with Gasteiger partial charge in [-0.2, -0.15) is 0 Å². The van der Waals surface area contributed by atoms with Gasteiger partial charge in [-0.15, -0.1) is 0 Å². The SMILES string of the molecule is Cc1ncc(Br)c(=O)n1CCOc1ccc(Br)cc1. The van der Waals surface area contributed by atoms with Crippen LogP contribution in [0, 0.1) is 6.92 Å². The van der Waals surface area contributed by atoms with Crippen LogP contribution in [0.4, 0.5) is 0 Å². The van der Waals surface area contributed by atoms with E-state index >= 15 is 0 Å². The predicted molar refractivity (Wildman–Crippen MR) is 80.6 cm³/mol. The molecular weight excluding hydrogens is 376 g/mol. The molecule has 0 aliphatic carbocycles. The molecule has 0 unspecified atom stereocenters. The summed E-state index contributed by atoms with van der Waals surface area (Å²) in [5, 5.41) is 0. The molecule has 0 radical (unpaired) electrons. The van der Waals surface area contributed by atoms with Crippen molar-refractivity contribution in [2.24, 2.45) is 0 Å². The van der Waals surface area contributed by atoms with Crippen molar-refractivity contribution in [3.63, 3.8) is 0 Å². The number of hydrogen-bond donors (Lipinski definition) is 0. The number of rotatable bonds is 4. The lowest BCUT2D eigenvalue weighted by Crippen LogP contribution is -2.26. The van der Waals surface area contributed by atoms with Crippen molar-refractivity contribution in [2.45, 2.75) is 13.5 Å².